The Morgan fingerprint density at radius 3 is 2.05 bits per heavy atom. The van der Waals surface area contributed by atoms with Gasteiger partial charge in [0, 0.05) is 18.2 Å². The maximum atomic E-state index is 11.9. The van der Waals surface area contributed by atoms with Crippen LogP contribution < -0.4 is 4.72 Å². The van der Waals surface area contributed by atoms with E-state index in [0.29, 0.717) is 5.56 Å². The van der Waals surface area contributed by atoms with Gasteiger partial charge in [-0.1, -0.05) is 19.1 Å². The van der Waals surface area contributed by atoms with Crippen LogP contribution in [0.3, 0.4) is 0 Å². The first-order valence-corrected chi connectivity index (χ1v) is 10.5. The molecule has 21 heavy (non-hydrogen) atoms. The van der Waals surface area contributed by atoms with Crippen molar-refractivity contribution in [2.75, 3.05) is 17.9 Å². The van der Waals surface area contributed by atoms with E-state index in [0.717, 1.165) is 6.26 Å². The molecule has 0 amide bonds. The lowest BCUT2D eigenvalue weighted by atomic mass is 10.1. The zero-order chi connectivity index (χ0) is 16.3. The summed E-state index contributed by atoms with van der Waals surface area (Å²) in [4.78, 5) is 0.206. The molecule has 1 aromatic rings. The van der Waals surface area contributed by atoms with Gasteiger partial charge in [-0.2, -0.15) is 0 Å². The number of sulfone groups is 1. The van der Waals surface area contributed by atoms with Gasteiger partial charge >= 0.3 is 0 Å². The zero-order valence-electron chi connectivity index (χ0n) is 12.2. The number of benzene rings is 1. The first kappa shape index (κ1) is 18.4. The lowest BCUT2D eigenvalue weighted by molar-refractivity contribution is 0.555. The molecular formula is C13H20ClNO4S2. The van der Waals surface area contributed by atoms with Crippen molar-refractivity contribution in [2.24, 2.45) is 5.92 Å². The highest BCUT2D eigenvalue weighted by molar-refractivity contribution is 7.90. The summed E-state index contributed by atoms with van der Waals surface area (Å²) in [5.74, 6) is 0.102. The predicted octanol–water partition coefficient (Wildman–Crippen LogP) is 1.95. The normalized spacial score (nSPS) is 15.6. The summed E-state index contributed by atoms with van der Waals surface area (Å²) in [6, 6.07) is 5.71. The van der Waals surface area contributed by atoms with E-state index in [4.69, 9.17) is 11.6 Å². The predicted molar refractivity (Wildman–Crippen MR) is 84.8 cm³/mol. The molecule has 0 heterocycles. The number of rotatable bonds is 7. The highest BCUT2D eigenvalue weighted by atomic mass is 35.5. The van der Waals surface area contributed by atoms with Gasteiger partial charge in [-0.3, -0.25) is 0 Å². The highest BCUT2D eigenvalue weighted by Crippen LogP contribution is 2.17. The molecule has 0 radical (unpaired) electrons. The number of halogens is 1. The second kappa shape index (κ2) is 7.09. The first-order chi connectivity index (χ1) is 9.55. The molecule has 0 saturated carbocycles. The summed E-state index contributed by atoms with van der Waals surface area (Å²) in [6.45, 7) is 3.47. The van der Waals surface area contributed by atoms with Crippen molar-refractivity contribution in [3.05, 3.63) is 29.8 Å². The highest BCUT2D eigenvalue weighted by Gasteiger charge is 2.19. The molecule has 120 valence electrons. The average Bonchev–Trinajstić information content (AvgIpc) is 2.36. The standard InChI is InChI=1S/C13H20ClNO4S2/c1-10(8-14)9-21(18,19)15-11(2)12-4-6-13(7-5-12)20(3,16)17/h4-7,10-11,15H,8-9H2,1-3H3. The molecule has 0 saturated heterocycles. The molecule has 5 nitrogen and oxygen atoms in total. The summed E-state index contributed by atoms with van der Waals surface area (Å²) in [7, 11) is -6.68. The van der Waals surface area contributed by atoms with Gasteiger partial charge in [0.05, 0.1) is 10.6 Å². The fraction of sp³-hybridized carbons (Fsp3) is 0.538. The molecule has 0 bridgehead atoms. The minimum Gasteiger partial charge on any atom is -0.224 e. The van der Waals surface area contributed by atoms with E-state index in [-0.39, 0.29) is 22.4 Å². The van der Waals surface area contributed by atoms with Crippen LogP contribution in [0.4, 0.5) is 0 Å². The largest absolute Gasteiger partial charge is 0.224 e. The topological polar surface area (TPSA) is 80.3 Å². The summed E-state index contributed by atoms with van der Waals surface area (Å²) in [5, 5.41) is 0. The van der Waals surface area contributed by atoms with Crippen molar-refractivity contribution in [1.82, 2.24) is 4.72 Å². The van der Waals surface area contributed by atoms with Gasteiger partial charge in [0.25, 0.3) is 0 Å². The molecule has 2 unspecified atom stereocenters. The smallest absolute Gasteiger partial charge is 0.212 e. The molecule has 2 atom stereocenters. The summed E-state index contributed by atoms with van der Waals surface area (Å²) < 4.78 is 49.2. The summed E-state index contributed by atoms with van der Waals surface area (Å²) >= 11 is 5.62. The second-order valence-corrected chi connectivity index (χ2v) is 9.34. The third kappa shape index (κ3) is 5.94. The molecule has 0 aromatic heterocycles. The van der Waals surface area contributed by atoms with Gasteiger partial charge in [0.2, 0.25) is 10.0 Å². The van der Waals surface area contributed by atoms with Crippen molar-refractivity contribution >= 4 is 31.5 Å². The van der Waals surface area contributed by atoms with Gasteiger partial charge in [-0.05, 0) is 30.5 Å². The molecule has 1 rings (SSSR count). The molecular weight excluding hydrogens is 334 g/mol. The van der Waals surface area contributed by atoms with Crippen LogP contribution in [-0.4, -0.2) is 34.7 Å². The van der Waals surface area contributed by atoms with Crippen molar-refractivity contribution in [2.45, 2.75) is 24.8 Å². The van der Waals surface area contributed by atoms with Crippen LogP contribution in [0.1, 0.15) is 25.5 Å². The van der Waals surface area contributed by atoms with Crippen LogP contribution in [0.2, 0.25) is 0 Å². The zero-order valence-corrected chi connectivity index (χ0v) is 14.6. The fourth-order valence-corrected chi connectivity index (χ4v) is 4.32. The van der Waals surface area contributed by atoms with Gasteiger partial charge < -0.3 is 0 Å². The lowest BCUT2D eigenvalue weighted by Gasteiger charge is -2.16. The Bertz CT molecular complexity index is 669. The Morgan fingerprint density at radius 1 is 1.10 bits per heavy atom. The Hall–Kier alpha value is -0.630. The van der Waals surface area contributed by atoms with Crippen LogP contribution >= 0.6 is 11.6 Å². The van der Waals surface area contributed by atoms with Crippen LogP contribution in [-0.2, 0) is 19.9 Å². The first-order valence-electron chi connectivity index (χ1n) is 6.41. The number of hydrogen-bond acceptors (Lipinski definition) is 4. The van der Waals surface area contributed by atoms with E-state index in [1.54, 1.807) is 26.0 Å². The summed E-state index contributed by atoms with van der Waals surface area (Å²) in [6.07, 6.45) is 1.13. The summed E-state index contributed by atoms with van der Waals surface area (Å²) in [5.41, 5.74) is 0.699. The van der Waals surface area contributed by atoms with E-state index in [2.05, 4.69) is 4.72 Å². The monoisotopic (exact) mass is 353 g/mol. The van der Waals surface area contributed by atoms with E-state index in [1.807, 2.05) is 0 Å². The van der Waals surface area contributed by atoms with Gasteiger partial charge in [-0.15, -0.1) is 11.6 Å². The molecule has 0 spiro atoms. The molecule has 1 N–H and O–H groups in total. The Labute approximate surface area is 131 Å². The van der Waals surface area contributed by atoms with Crippen LogP contribution in [0.15, 0.2) is 29.2 Å². The van der Waals surface area contributed by atoms with Crippen molar-refractivity contribution < 1.29 is 16.8 Å². The average molecular weight is 354 g/mol. The third-order valence-corrected chi connectivity index (χ3v) is 6.31. The van der Waals surface area contributed by atoms with E-state index in [1.165, 1.54) is 12.1 Å². The second-order valence-electron chi connectivity index (χ2n) is 5.22. The Morgan fingerprint density at radius 2 is 1.62 bits per heavy atom. The number of alkyl halides is 1. The Balaban J connectivity index is 2.83. The van der Waals surface area contributed by atoms with Gasteiger partial charge in [0.15, 0.2) is 9.84 Å². The van der Waals surface area contributed by atoms with Crippen molar-refractivity contribution in [1.29, 1.82) is 0 Å². The maximum absolute atomic E-state index is 11.9. The van der Waals surface area contributed by atoms with Crippen LogP contribution in [0, 0.1) is 5.92 Å². The molecule has 0 aliphatic carbocycles. The van der Waals surface area contributed by atoms with Crippen LogP contribution in [0.5, 0.6) is 0 Å². The van der Waals surface area contributed by atoms with Crippen molar-refractivity contribution in [3.63, 3.8) is 0 Å². The molecule has 0 aliphatic rings. The molecule has 0 aliphatic heterocycles. The number of hydrogen-bond donors (Lipinski definition) is 1. The van der Waals surface area contributed by atoms with Gasteiger partial charge in [0.1, 0.15) is 0 Å². The SMILES string of the molecule is CC(CCl)CS(=O)(=O)NC(C)c1ccc(S(C)(=O)=O)cc1. The molecule has 0 fully saturated rings. The van der Waals surface area contributed by atoms with Gasteiger partial charge in [-0.25, -0.2) is 21.6 Å². The van der Waals surface area contributed by atoms with Crippen molar-refractivity contribution in [3.8, 4) is 0 Å². The third-order valence-electron chi connectivity index (χ3n) is 2.93. The maximum Gasteiger partial charge on any atom is 0.212 e. The van der Waals surface area contributed by atoms with Crippen LogP contribution in [0.25, 0.3) is 0 Å². The fourth-order valence-electron chi connectivity index (χ4n) is 1.81. The Kier molecular flexibility index (Phi) is 6.22. The lowest BCUT2D eigenvalue weighted by Crippen LogP contribution is -2.31. The van der Waals surface area contributed by atoms with E-state index >= 15 is 0 Å². The van der Waals surface area contributed by atoms with E-state index in [9.17, 15) is 16.8 Å². The van der Waals surface area contributed by atoms with E-state index < -0.39 is 25.9 Å². The number of nitrogens with one attached hydrogen (secondary N) is 1. The number of sulfonamides is 1. The minimum atomic E-state index is -3.43. The quantitative estimate of drug-likeness (QED) is 0.760. The molecule has 1 aromatic carbocycles. The molecule has 8 heteroatoms. The minimum absolute atomic E-state index is 0.0394.